The molecule has 0 amide bonds. The van der Waals surface area contributed by atoms with E-state index >= 15 is 0 Å². The van der Waals surface area contributed by atoms with Crippen LogP contribution in [0.4, 0.5) is 0 Å². The molecule has 1 aromatic rings. The predicted octanol–water partition coefficient (Wildman–Crippen LogP) is 3.95. The molecule has 2 rings (SSSR count). The van der Waals surface area contributed by atoms with Crippen molar-refractivity contribution in [2.75, 3.05) is 19.0 Å². The molecule has 1 saturated carbocycles. The van der Waals surface area contributed by atoms with Crippen LogP contribution in [0.3, 0.4) is 0 Å². The summed E-state index contributed by atoms with van der Waals surface area (Å²) in [6, 6.07) is 7.89. The molecule has 0 N–H and O–H groups in total. The van der Waals surface area contributed by atoms with Crippen LogP contribution in [0.2, 0.25) is 0 Å². The van der Waals surface area contributed by atoms with Gasteiger partial charge in [0.05, 0.1) is 13.2 Å². The van der Waals surface area contributed by atoms with Crippen molar-refractivity contribution in [3.8, 4) is 11.5 Å². The first kappa shape index (κ1) is 13.6. The zero-order valence-electron chi connectivity index (χ0n) is 11.0. The number of thiol groups is 1. The van der Waals surface area contributed by atoms with Gasteiger partial charge in [-0.05, 0) is 37.7 Å². The lowest BCUT2D eigenvalue weighted by molar-refractivity contribution is 0.172. The van der Waals surface area contributed by atoms with Crippen LogP contribution >= 0.6 is 12.6 Å². The second-order valence-electron chi connectivity index (χ2n) is 5.06. The lowest BCUT2D eigenvalue weighted by atomic mass is 9.90. The lowest BCUT2D eigenvalue weighted by Gasteiger charge is -2.26. The molecule has 0 aliphatic heterocycles. The number of rotatable bonds is 6. The highest BCUT2D eigenvalue weighted by Crippen LogP contribution is 2.39. The molecule has 0 heterocycles. The Morgan fingerprint density at radius 3 is 2.44 bits per heavy atom. The molecule has 0 unspecified atom stereocenters. The van der Waals surface area contributed by atoms with E-state index in [-0.39, 0.29) is 5.41 Å². The van der Waals surface area contributed by atoms with Crippen molar-refractivity contribution >= 4 is 12.6 Å². The molecule has 2 nitrogen and oxygen atoms in total. The third-order valence-electron chi connectivity index (χ3n) is 3.66. The van der Waals surface area contributed by atoms with Crippen LogP contribution in [-0.4, -0.2) is 19.0 Å². The number of hydrogen-bond acceptors (Lipinski definition) is 3. The van der Waals surface area contributed by atoms with E-state index in [1.54, 1.807) is 0 Å². The largest absolute Gasteiger partial charge is 0.494 e. The average Bonchev–Trinajstić information content (AvgIpc) is 2.87. The second kappa shape index (κ2) is 6.37. The van der Waals surface area contributed by atoms with Crippen molar-refractivity contribution < 1.29 is 9.47 Å². The number of benzene rings is 1. The maximum Gasteiger partial charge on any atom is 0.123 e. The summed E-state index contributed by atoms with van der Waals surface area (Å²) in [4.78, 5) is 0. The van der Waals surface area contributed by atoms with Gasteiger partial charge < -0.3 is 9.47 Å². The first-order valence-corrected chi connectivity index (χ1v) is 7.38. The van der Waals surface area contributed by atoms with Gasteiger partial charge in [-0.2, -0.15) is 12.6 Å². The minimum Gasteiger partial charge on any atom is -0.494 e. The Balaban J connectivity index is 1.94. The van der Waals surface area contributed by atoms with Gasteiger partial charge in [-0.1, -0.05) is 18.9 Å². The monoisotopic (exact) mass is 266 g/mol. The molecule has 18 heavy (non-hydrogen) atoms. The Morgan fingerprint density at radius 1 is 1.17 bits per heavy atom. The Labute approximate surface area is 115 Å². The molecule has 0 atom stereocenters. The molecule has 0 bridgehead atoms. The van der Waals surface area contributed by atoms with E-state index in [1.807, 2.05) is 31.2 Å². The van der Waals surface area contributed by atoms with Crippen molar-refractivity contribution in [1.82, 2.24) is 0 Å². The standard InChI is InChI=1S/C15H22O2S/c1-2-16-13-6-5-7-14(10-13)17-11-15(12-18)8-3-4-9-15/h5-7,10,18H,2-4,8-9,11-12H2,1H3. The quantitative estimate of drug-likeness (QED) is 0.786. The normalized spacial score (nSPS) is 17.7. The third-order valence-corrected chi connectivity index (χ3v) is 4.33. The molecule has 1 aliphatic rings. The summed E-state index contributed by atoms with van der Waals surface area (Å²) in [5.74, 6) is 2.69. The van der Waals surface area contributed by atoms with Crippen molar-refractivity contribution in [3.05, 3.63) is 24.3 Å². The minimum absolute atomic E-state index is 0.282. The molecule has 1 aliphatic carbocycles. The van der Waals surface area contributed by atoms with Crippen LogP contribution < -0.4 is 9.47 Å². The SMILES string of the molecule is CCOc1cccc(OCC2(CS)CCCC2)c1. The van der Waals surface area contributed by atoms with Gasteiger partial charge in [0.1, 0.15) is 11.5 Å². The Hall–Kier alpha value is -0.830. The first-order valence-electron chi connectivity index (χ1n) is 6.74. The van der Waals surface area contributed by atoms with Gasteiger partial charge in [0, 0.05) is 11.5 Å². The molecule has 0 aromatic heterocycles. The fraction of sp³-hybridized carbons (Fsp3) is 0.600. The molecule has 0 radical (unpaired) electrons. The number of ether oxygens (including phenoxy) is 2. The van der Waals surface area contributed by atoms with Crippen molar-refractivity contribution in [1.29, 1.82) is 0 Å². The van der Waals surface area contributed by atoms with Crippen LogP contribution in [0, 0.1) is 5.41 Å². The fourth-order valence-corrected chi connectivity index (χ4v) is 2.94. The summed E-state index contributed by atoms with van der Waals surface area (Å²) >= 11 is 4.50. The predicted molar refractivity (Wildman–Crippen MR) is 77.9 cm³/mol. The lowest BCUT2D eigenvalue weighted by Crippen LogP contribution is -2.27. The molecule has 100 valence electrons. The summed E-state index contributed by atoms with van der Waals surface area (Å²) in [5.41, 5.74) is 0.282. The van der Waals surface area contributed by atoms with Gasteiger partial charge in [0.2, 0.25) is 0 Å². The zero-order valence-corrected chi connectivity index (χ0v) is 11.9. The molecular formula is C15H22O2S. The van der Waals surface area contributed by atoms with Gasteiger partial charge in [0.15, 0.2) is 0 Å². The summed E-state index contributed by atoms with van der Waals surface area (Å²) in [6.07, 6.45) is 5.09. The van der Waals surface area contributed by atoms with E-state index in [1.165, 1.54) is 25.7 Å². The van der Waals surface area contributed by atoms with Gasteiger partial charge in [-0.15, -0.1) is 0 Å². The van der Waals surface area contributed by atoms with E-state index < -0.39 is 0 Å². The maximum atomic E-state index is 5.94. The zero-order chi connectivity index (χ0) is 12.8. The van der Waals surface area contributed by atoms with Gasteiger partial charge in [0.25, 0.3) is 0 Å². The van der Waals surface area contributed by atoms with Crippen LogP contribution in [0.5, 0.6) is 11.5 Å². The van der Waals surface area contributed by atoms with Gasteiger partial charge in [-0.25, -0.2) is 0 Å². The molecule has 0 spiro atoms. The van der Waals surface area contributed by atoms with E-state index in [0.29, 0.717) is 6.61 Å². The maximum absolute atomic E-state index is 5.94. The van der Waals surface area contributed by atoms with Crippen molar-refractivity contribution in [2.45, 2.75) is 32.6 Å². The Morgan fingerprint density at radius 2 is 1.83 bits per heavy atom. The van der Waals surface area contributed by atoms with Gasteiger partial charge in [-0.3, -0.25) is 0 Å². The van der Waals surface area contributed by atoms with Crippen molar-refractivity contribution in [2.24, 2.45) is 5.41 Å². The molecule has 1 fully saturated rings. The van der Waals surface area contributed by atoms with Crippen LogP contribution in [0.1, 0.15) is 32.6 Å². The smallest absolute Gasteiger partial charge is 0.123 e. The molecule has 3 heteroatoms. The van der Waals surface area contributed by atoms with E-state index in [0.717, 1.165) is 23.9 Å². The van der Waals surface area contributed by atoms with Crippen LogP contribution in [-0.2, 0) is 0 Å². The summed E-state index contributed by atoms with van der Waals surface area (Å²) in [7, 11) is 0. The highest BCUT2D eigenvalue weighted by Gasteiger charge is 2.33. The summed E-state index contributed by atoms with van der Waals surface area (Å²) < 4.78 is 11.4. The molecular weight excluding hydrogens is 244 g/mol. The van der Waals surface area contributed by atoms with Gasteiger partial charge >= 0.3 is 0 Å². The fourth-order valence-electron chi connectivity index (χ4n) is 2.53. The van der Waals surface area contributed by atoms with Crippen molar-refractivity contribution in [3.63, 3.8) is 0 Å². The number of hydrogen-bond donors (Lipinski definition) is 1. The second-order valence-corrected chi connectivity index (χ2v) is 5.38. The average molecular weight is 266 g/mol. The molecule has 1 aromatic carbocycles. The van der Waals surface area contributed by atoms with Crippen LogP contribution in [0.25, 0.3) is 0 Å². The topological polar surface area (TPSA) is 18.5 Å². The minimum atomic E-state index is 0.282. The Bertz CT molecular complexity index is 373. The highest BCUT2D eigenvalue weighted by atomic mass is 32.1. The van der Waals surface area contributed by atoms with Crippen LogP contribution in [0.15, 0.2) is 24.3 Å². The first-order chi connectivity index (χ1) is 8.78. The van der Waals surface area contributed by atoms with E-state index in [9.17, 15) is 0 Å². The summed E-state index contributed by atoms with van der Waals surface area (Å²) in [6.45, 7) is 3.44. The van der Waals surface area contributed by atoms with E-state index in [4.69, 9.17) is 9.47 Å². The molecule has 0 saturated heterocycles. The highest BCUT2D eigenvalue weighted by molar-refractivity contribution is 7.80. The summed E-state index contributed by atoms with van der Waals surface area (Å²) in [5, 5.41) is 0. The van der Waals surface area contributed by atoms with E-state index in [2.05, 4.69) is 12.6 Å². The third kappa shape index (κ3) is 3.35. The Kier molecular flexibility index (Phi) is 4.81.